The van der Waals surface area contributed by atoms with E-state index in [4.69, 9.17) is 9.98 Å². The van der Waals surface area contributed by atoms with Crippen molar-refractivity contribution in [2.24, 2.45) is 4.99 Å². The Morgan fingerprint density at radius 3 is 1.88 bits per heavy atom. The van der Waals surface area contributed by atoms with Crippen molar-refractivity contribution in [2.45, 2.75) is 0 Å². The van der Waals surface area contributed by atoms with Crippen LogP contribution in [0.15, 0.2) is 77.8 Å². The molecule has 3 heteroatoms. The summed E-state index contributed by atoms with van der Waals surface area (Å²) in [5, 5.41) is 2.14. The van der Waals surface area contributed by atoms with Crippen molar-refractivity contribution in [1.29, 1.82) is 0 Å². The first-order valence-electron chi connectivity index (χ1n) is 8.31. The number of para-hydroxylation sites is 2. The fraction of sp³-hybridized carbons (Fsp3) is 0.0909. The van der Waals surface area contributed by atoms with Crippen LogP contribution >= 0.6 is 0 Å². The predicted octanol–water partition coefficient (Wildman–Crippen LogP) is 5.20. The number of aromatic nitrogens is 1. The molecule has 0 aliphatic carbocycles. The summed E-state index contributed by atoms with van der Waals surface area (Å²) in [6, 6.07) is 24.7. The topological polar surface area (TPSA) is 28.5 Å². The Morgan fingerprint density at radius 1 is 0.760 bits per heavy atom. The minimum Gasteiger partial charge on any atom is -0.378 e. The Bertz CT molecular complexity index is 1010. The molecule has 0 spiro atoms. The molecule has 0 amide bonds. The zero-order valence-corrected chi connectivity index (χ0v) is 14.3. The van der Waals surface area contributed by atoms with Gasteiger partial charge in [0.2, 0.25) is 0 Å². The number of anilines is 1. The maximum Gasteiger partial charge on any atom is 0.0817 e. The van der Waals surface area contributed by atoms with Crippen molar-refractivity contribution in [1.82, 2.24) is 4.98 Å². The molecule has 1 aromatic heterocycles. The summed E-state index contributed by atoms with van der Waals surface area (Å²) in [5.74, 6) is 0. The van der Waals surface area contributed by atoms with E-state index in [1.807, 2.05) is 56.7 Å². The van der Waals surface area contributed by atoms with Gasteiger partial charge in [0.05, 0.1) is 16.7 Å². The molecule has 1 heterocycles. The average molecular weight is 325 g/mol. The number of hydrogen-bond donors (Lipinski definition) is 0. The SMILES string of the molecule is CN(C)c1ccc(C=Nc2c3ccccc3nc3ccccc23)cc1. The average Bonchev–Trinajstić information content (AvgIpc) is 2.65. The Morgan fingerprint density at radius 2 is 1.32 bits per heavy atom. The molecule has 4 rings (SSSR count). The largest absolute Gasteiger partial charge is 0.378 e. The summed E-state index contributed by atoms with van der Waals surface area (Å²) in [6.07, 6.45) is 1.92. The summed E-state index contributed by atoms with van der Waals surface area (Å²) in [4.78, 5) is 11.7. The highest BCUT2D eigenvalue weighted by atomic mass is 15.1. The van der Waals surface area contributed by atoms with Gasteiger partial charge in [0.25, 0.3) is 0 Å². The highest BCUT2D eigenvalue weighted by molar-refractivity contribution is 6.07. The van der Waals surface area contributed by atoms with E-state index in [0.29, 0.717) is 0 Å². The smallest absolute Gasteiger partial charge is 0.0817 e. The van der Waals surface area contributed by atoms with E-state index in [2.05, 4.69) is 41.3 Å². The summed E-state index contributed by atoms with van der Waals surface area (Å²) < 4.78 is 0. The van der Waals surface area contributed by atoms with Crippen LogP contribution in [0.1, 0.15) is 5.56 Å². The van der Waals surface area contributed by atoms with Crippen molar-refractivity contribution < 1.29 is 0 Å². The summed E-state index contributed by atoms with van der Waals surface area (Å²) in [6.45, 7) is 0. The fourth-order valence-corrected chi connectivity index (χ4v) is 2.95. The number of fused-ring (bicyclic) bond motifs is 2. The molecule has 0 bridgehead atoms. The minimum absolute atomic E-state index is 0.969. The molecule has 0 aliphatic heterocycles. The van der Waals surface area contributed by atoms with E-state index in [0.717, 1.165) is 33.1 Å². The molecule has 122 valence electrons. The molecular weight excluding hydrogens is 306 g/mol. The van der Waals surface area contributed by atoms with Crippen LogP contribution in [0.5, 0.6) is 0 Å². The first-order chi connectivity index (χ1) is 12.2. The van der Waals surface area contributed by atoms with E-state index >= 15 is 0 Å². The van der Waals surface area contributed by atoms with Gasteiger partial charge in [0.1, 0.15) is 0 Å². The molecule has 0 atom stereocenters. The van der Waals surface area contributed by atoms with Gasteiger partial charge < -0.3 is 4.90 Å². The van der Waals surface area contributed by atoms with Gasteiger partial charge in [-0.3, -0.25) is 4.99 Å². The second kappa shape index (κ2) is 6.36. The molecule has 0 saturated heterocycles. The maximum atomic E-state index is 4.83. The molecule has 0 N–H and O–H groups in total. The number of benzene rings is 3. The van der Waals surface area contributed by atoms with E-state index in [1.54, 1.807) is 0 Å². The van der Waals surface area contributed by atoms with Gasteiger partial charge in [-0.2, -0.15) is 0 Å². The Balaban J connectivity index is 1.84. The van der Waals surface area contributed by atoms with Crippen LogP contribution in [0.25, 0.3) is 21.8 Å². The van der Waals surface area contributed by atoms with E-state index < -0.39 is 0 Å². The summed E-state index contributed by atoms with van der Waals surface area (Å²) >= 11 is 0. The van der Waals surface area contributed by atoms with Gasteiger partial charge in [-0.15, -0.1) is 0 Å². The Hall–Kier alpha value is -3.20. The first-order valence-corrected chi connectivity index (χ1v) is 8.31. The summed E-state index contributed by atoms with van der Waals surface area (Å²) in [7, 11) is 4.08. The van der Waals surface area contributed by atoms with E-state index in [9.17, 15) is 0 Å². The second-order valence-corrected chi connectivity index (χ2v) is 6.24. The minimum atomic E-state index is 0.969. The van der Waals surface area contributed by atoms with Gasteiger partial charge in [0, 0.05) is 36.8 Å². The third kappa shape index (κ3) is 2.96. The van der Waals surface area contributed by atoms with Crippen molar-refractivity contribution in [2.75, 3.05) is 19.0 Å². The lowest BCUT2D eigenvalue weighted by atomic mass is 10.1. The van der Waals surface area contributed by atoms with Gasteiger partial charge in [-0.05, 0) is 29.8 Å². The van der Waals surface area contributed by atoms with Crippen LogP contribution in [0, 0.1) is 0 Å². The molecule has 4 aromatic rings. The molecule has 0 fully saturated rings. The van der Waals surface area contributed by atoms with Gasteiger partial charge in [-0.1, -0.05) is 48.5 Å². The van der Waals surface area contributed by atoms with Crippen molar-refractivity contribution in [3.8, 4) is 0 Å². The molecular formula is C22H19N3. The normalized spacial score (nSPS) is 11.4. The number of rotatable bonds is 3. The highest BCUT2D eigenvalue weighted by Crippen LogP contribution is 2.32. The van der Waals surface area contributed by atoms with Crippen LogP contribution in [-0.2, 0) is 0 Å². The van der Waals surface area contributed by atoms with Crippen molar-refractivity contribution >= 4 is 39.4 Å². The van der Waals surface area contributed by atoms with Crippen LogP contribution in [-0.4, -0.2) is 25.3 Å². The fourth-order valence-electron chi connectivity index (χ4n) is 2.95. The number of pyridine rings is 1. The van der Waals surface area contributed by atoms with Crippen LogP contribution in [0.3, 0.4) is 0 Å². The molecule has 0 saturated carbocycles. The predicted molar refractivity (Wildman–Crippen MR) is 107 cm³/mol. The van der Waals surface area contributed by atoms with E-state index in [-0.39, 0.29) is 0 Å². The third-order valence-corrected chi connectivity index (χ3v) is 4.31. The van der Waals surface area contributed by atoms with Crippen LogP contribution in [0.2, 0.25) is 0 Å². The Kier molecular flexibility index (Phi) is 3.90. The lowest BCUT2D eigenvalue weighted by Gasteiger charge is -2.11. The third-order valence-electron chi connectivity index (χ3n) is 4.31. The molecule has 0 aliphatic rings. The van der Waals surface area contributed by atoms with Gasteiger partial charge in [-0.25, -0.2) is 4.98 Å². The lowest BCUT2D eigenvalue weighted by molar-refractivity contribution is 1.13. The standard InChI is InChI=1S/C22H19N3/c1-25(2)17-13-11-16(12-14-17)15-23-22-18-7-3-5-9-20(18)24-21-10-6-4-8-19(21)22/h3-15H,1-2H3. The zero-order valence-electron chi connectivity index (χ0n) is 14.3. The number of nitrogens with zero attached hydrogens (tertiary/aromatic N) is 3. The monoisotopic (exact) mass is 325 g/mol. The van der Waals surface area contributed by atoms with Crippen molar-refractivity contribution in [3.05, 3.63) is 78.4 Å². The number of aliphatic imine (C=N–C) groups is 1. The van der Waals surface area contributed by atoms with Crippen LogP contribution in [0.4, 0.5) is 11.4 Å². The molecule has 3 aromatic carbocycles. The Labute approximate surface area is 147 Å². The molecule has 3 nitrogen and oxygen atoms in total. The quantitative estimate of drug-likeness (QED) is 0.382. The molecule has 25 heavy (non-hydrogen) atoms. The lowest BCUT2D eigenvalue weighted by Crippen LogP contribution is -2.08. The second-order valence-electron chi connectivity index (χ2n) is 6.24. The molecule has 0 radical (unpaired) electrons. The first kappa shape index (κ1) is 15.3. The number of hydrogen-bond acceptors (Lipinski definition) is 3. The van der Waals surface area contributed by atoms with E-state index in [1.165, 1.54) is 5.69 Å². The highest BCUT2D eigenvalue weighted by Gasteiger charge is 2.07. The van der Waals surface area contributed by atoms with Gasteiger partial charge >= 0.3 is 0 Å². The maximum absolute atomic E-state index is 4.83. The summed E-state index contributed by atoms with van der Waals surface area (Å²) in [5.41, 5.74) is 5.16. The van der Waals surface area contributed by atoms with Crippen molar-refractivity contribution in [3.63, 3.8) is 0 Å². The van der Waals surface area contributed by atoms with Crippen LogP contribution < -0.4 is 4.90 Å². The molecule has 0 unspecified atom stereocenters. The zero-order chi connectivity index (χ0) is 17.2. The van der Waals surface area contributed by atoms with Gasteiger partial charge in [0.15, 0.2) is 0 Å².